The van der Waals surface area contributed by atoms with Crippen molar-refractivity contribution in [2.45, 2.75) is 25.7 Å². The number of rotatable bonds is 4. The predicted octanol–water partition coefficient (Wildman–Crippen LogP) is 4.65. The Morgan fingerprint density at radius 2 is 2.00 bits per heavy atom. The highest BCUT2D eigenvalue weighted by molar-refractivity contribution is 5.91. The van der Waals surface area contributed by atoms with Crippen molar-refractivity contribution in [3.05, 3.63) is 76.6 Å². The Kier molecular flexibility index (Phi) is 5.19. The fraction of sp³-hybridized carbons (Fsp3) is 0.273. The van der Waals surface area contributed by atoms with E-state index in [1.54, 1.807) is 30.8 Å². The molecule has 0 radical (unpaired) electrons. The quantitative estimate of drug-likeness (QED) is 0.723. The van der Waals surface area contributed by atoms with E-state index >= 15 is 0 Å². The molecule has 0 saturated carbocycles. The fourth-order valence-electron chi connectivity index (χ4n) is 3.59. The number of hydrogen-bond acceptors (Lipinski definition) is 3. The van der Waals surface area contributed by atoms with Crippen molar-refractivity contribution in [1.29, 1.82) is 5.26 Å². The average Bonchev–Trinajstić information content (AvgIpc) is 2.99. The number of nitrogens with zero attached hydrogens (tertiary/aromatic N) is 2. The molecular formula is C22H20F2N2O2. The van der Waals surface area contributed by atoms with E-state index < -0.39 is 23.0 Å². The number of carbonyl (C=O) groups is 1. The van der Waals surface area contributed by atoms with Crippen molar-refractivity contribution < 1.29 is 18.3 Å². The van der Waals surface area contributed by atoms with E-state index in [0.29, 0.717) is 34.4 Å². The molecule has 0 aliphatic heterocycles. The first-order chi connectivity index (χ1) is 13.3. The van der Waals surface area contributed by atoms with Crippen molar-refractivity contribution in [3.63, 3.8) is 0 Å². The molecular weight excluding hydrogens is 362 g/mol. The molecule has 0 unspecified atom stereocenters. The molecule has 0 bridgehead atoms. The molecule has 1 atom stereocenters. The number of esters is 1. The summed E-state index contributed by atoms with van der Waals surface area (Å²) in [5.41, 5.74) is 1.81. The molecule has 4 nitrogen and oxygen atoms in total. The van der Waals surface area contributed by atoms with Gasteiger partial charge in [0.2, 0.25) is 0 Å². The van der Waals surface area contributed by atoms with E-state index in [1.807, 2.05) is 19.1 Å². The van der Waals surface area contributed by atoms with Crippen LogP contribution < -0.4 is 0 Å². The van der Waals surface area contributed by atoms with Crippen LogP contribution in [0, 0.1) is 23.0 Å². The summed E-state index contributed by atoms with van der Waals surface area (Å²) in [6.45, 7) is 3.87. The Morgan fingerprint density at radius 3 is 2.54 bits per heavy atom. The molecule has 3 rings (SSSR count). The second kappa shape index (κ2) is 7.43. The molecule has 0 saturated heterocycles. The molecule has 1 aliphatic carbocycles. The Morgan fingerprint density at radius 1 is 1.32 bits per heavy atom. The number of aryl methyl sites for hydroxylation is 1. The van der Waals surface area contributed by atoms with E-state index in [1.165, 1.54) is 12.1 Å². The van der Waals surface area contributed by atoms with Crippen molar-refractivity contribution >= 4 is 11.5 Å². The number of allylic oxidation sites excluding steroid dienone is 4. The number of nitriles is 1. The van der Waals surface area contributed by atoms with Crippen LogP contribution in [0.1, 0.15) is 47.4 Å². The summed E-state index contributed by atoms with van der Waals surface area (Å²) in [7, 11) is 1.70. The van der Waals surface area contributed by atoms with Gasteiger partial charge in [-0.2, -0.15) is 5.26 Å². The minimum Gasteiger partial charge on any atom is -0.461 e. The molecule has 28 heavy (non-hydrogen) atoms. The van der Waals surface area contributed by atoms with Crippen molar-refractivity contribution in [2.24, 2.45) is 7.05 Å². The van der Waals surface area contributed by atoms with Gasteiger partial charge in [0.25, 0.3) is 0 Å². The van der Waals surface area contributed by atoms with Gasteiger partial charge in [-0.05, 0) is 36.6 Å². The monoisotopic (exact) mass is 382 g/mol. The third kappa shape index (κ3) is 3.48. The van der Waals surface area contributed by atoms with Gasteiger partial charge in [-0.25, -0.2) is 13.6 Å². The highest BCUT2D eigenvalue weighted by Gasteiger charge is 2.35. The standard InChI is InChI=1S/C22H20F2N2O2/c1-4-28-21(27)20-19(16(12-25)13-26(20)3)22(2)7-5-14(6-8-22)15-9-17(23)11-18(24)10-15/h5-7,9-11,13H,4,8H2,1-3H3/t22-/m0/s1. The Hall–Kier alpha value is -3.20. The highest BCUT2D eigenvalue weighted by Crippen LogP contribution is 2.40. The molecule has 144 valence electrons. The summed E-state index contributed by atoms with van der Waals surface area (Å²) in [5, 5.41) is 9.57. The first-order valence-corrected chi connectivity index (χ1v) is 8.92. The van der Waals surface area contributed by atoms with Gasteiger partial charge in [0.1, 0.15) is 23.4 Å². The molecule has 6 heteroatoms. The van der Waals surface area contributed by atoms with Crippen LogP contribution in [0.3, 0.4) is 0 Å². The van der Waals surface area contributed by atoms with Crippen LogP contribution in [0.5, 0.6) is 0 Å². The van der Waals surface area contributed by atoms with Crippen LogP contribution in [0.15, 0.2) is 42.6 Å². The first kappa shape index (κ1) is 19.6. The third-order valence-electron chi connectivity index (χ3n) is 4.91. The summed E-state index contributed by atoms with van der Waals surface area (Å²) >= 11 is 0. The minimum absolute atomic E-state index is 0.229. The van der Waals surface area contributed by atoms with Gasteiger partial charge in [0, 0.05) is 30.3 Å². The molecule has 0 fully saturated rings. The molecule has 1 aliphatic rings. The Bertz CT molecular complexity index is 1020. The SMILES string of the molecule is CCOC(=O)c1c([C@@]2(C)C=CC(c3cc(F)cc(F)c3)=CC2)c(C#N)cn1C. The van der Waals surface area contributed by atoms with Gasteiger partial charge >= 0.3 is 5.97 Å². The van der Waals surface area contributed by atoms with Crippen molar-refractivity contribution in [3.8, 4) is 6.07 Å². The largest absolute Gasteiger partial charge is 0.461 e. The number of benzene rings is 1. The molecule has 1 heterocycles. The summed E-state index contributed by atoms with van der Waals surface area (Å²) in [6.07, 6.45) is 7.56. The lowest BCUT2D eigenvalue weighted by Crippen LogP contribution is -2.25. The Balaban J connectivity index is 2.03. The highest BCUT2D eigenvalue weighted by atomic mass is 19.1. The zero-order valence-electron chi connectivity index (χ0n) is 15.9. The normalized spacial score (nSPS) is 18.5. The van der Waals surface area contributed by atoms with Gasteiger partial charge < -0.3 is 9.30 Å². The third-order valence-corrected chi connectivity index (χ3v) is 4.91. The summed E-state index contributed by atoms with van der Waals surface area (Å²) < 4.78 is 33.8. The van der Waals surface area contributed by atoms with Crippen LogP contribution in [0.2, 0.25) is 0 Å². The summed E-state index contributed by atoms with van der Waals surface area (Å²) in [5.74, 6) is -1.77. The van der Waals surface area contributed by atoms with Crippen molar-refractivity contribution in [1.82, 2.24) is 4.57 Å². The van der Waals surface area contributed by atoms with Gasteiger partial charge in [-0.1, -0.05) is 25.2 Å². The molecule has 1 aromatic heterocycles. The zero-order valence-corrected chi connectivity index (χ0v) is 15.9. The van der Waals surface area contributed by atoms with E-state index in [0.717, 1.165) is 6.07 Å². The van der Waals surface area contributed by atoms with Crippen LogP contribution in [-0.4, -0.2) is 17.1 Å². The maximum absolute atomic E-state index is 13.5. The lowest BCUT2D eigenvalue weighted by Gasteiger charge is -2.29. The van der Waals surface area contributed by atoms with E-state index in [4.69, 9.17) is 4.74 Å². The summed E-state index contributed by atoms with van der Waals surface area (Å²) in [6, 6.07) is 5.53. The van der Waals surface area contributed by atoms with Gasteiger partial charge in [0.05, 0.1) is 12.2 Å². The van der Waals surface area contributed by atoms with Gasteiger partial charge in [0.15, 0.2) is 0 Å². The Labute approximate surface area is 162 Å². The number of ether oxygens (including phenoxy) is 1. The minimum atomic E-state index is -0.642. The predicted molar refractivity (Wildman–Crippen MR) is 102 cm³/mol. The van der Waals surface area contributed by atoms with Crippen LogP contribution in [0.4, 0.5) is 8.78 Å². The fourth-order valence-corrected chi connectivity index (χ4v) is 3.59. The lowest BCUT2D eigenvalue weighted by molar-refractivity contribution is 0.0512. The van der Waals surface area contributed by atoms with Gasteiger partial charge in [-0.15, -0.1) is 0 Å². The first-order valence-electron chi connectivity index (χ1n) is 8.92. The van der Waals surface area contributed by atoms with E-state index in [9.17, 15) is 18.8 Å². The van der Waals surface area contributed by atoms with Crippen LogP contribution in [0.25, 0.3) is 5.57 Å². The number of hydrogen-bond donors (Lipinski definition) is 0. The second-order valence-corrected chi connectivity index (χ2v) is 6.98. The van der Waals surface area contributed by atoms with E-state index in [2.05, 4.69) is 6.07 Å². The average molecular weight is 382 g/mol. The van der Waals surface area contributed by atoms with Crippen LogP contribution in [-0.2, 0) is 17.2 Å². The molecule has 0 N–H and O–H groups in total. The maximum atomic E-state index is 13.5. The summed E-state index contributed by atoms with van der Waals surface area (Å²) in [4.78, 5) is 12.5. The number of aromatic nitrogens is 1. The zero-order chi connectivity index (χ0) is 20.5. The van der Waals surface area contributed by atoms with Crippen molar-refractivity contribution in [2.75, 3.05) is 6.61 Å². The number of carbonyl (C=O) groups excluding carboxylic acids is 1. The molecule has 1 aromatic carbocycles. The molecule has 0 spiro atoms. The second-order valence-electron chi connectivity index (χ2n) is 6.98. The van der Waals surface area contributed by atoms with Gasteiger partial charge in [-0.3, -0.25) is 0 Å². The van der Waals surface area contributed by atoms with Crippen LogP contribution >= 0.6 is 0 Å². The smallest absolute Gasteiger partial charge is 0.355 e. The molecule has 2 aromatic rings. The van der Waals surface area contributed by atoms with E-state index in [-0.39, 0.29) is 6.61 Å². The lowest BCUT2D eigenvalue weighted by atomic mass is 9.74. The topological polar surface area (TPSA) is 55.0 Å². The molecule has 0 amide bonds. The number of halogens is 2. The maximum Gasteiger partial charge on any atom is 0.355 e.